The number of epoxide rings is 2. The van der Waals surface area contributed by atoms with Crippen molar-refractivity contribution in [3.63, 3.8) is 0 Å². The van der Waals surface area contributed by atoms with Crippen LogP contribution in [-0.2, 0) is 23.7 Å². The first-order chi connectivity index (χ1) is 14.2. The largest absolute Gasteiger partial charge is 0.458 e. The Balaban J connectivity index is 1.46. The summed E-state index contributed by atoms with van der Waals surface area (Å²) in [6.07, 6.45) is 4.44. The quantitative estimate of drug-likeness (QED) is 0.412. The number of esters is 1. The van der Waals surface area contributed by atoms with Crippen LogP contribution in [0, 0.1) is 17.3 Å². The van der Waals surface area contributed by atoms with E-state index in [0.717, 1.165) is 24.0 Å². The zero-order valence-electron chi connectivity index (χ0n) is 18.4. The van der Waals surface area contributed by atoms with Crippen LogP contribution in [0.2, 0.25) is 0 Å². The highest BCUT2D eigenvalue weighted by Gasteiger charge is 2.91. The van der Waals surface area contributed by atoms with Crippen LogP contribution in [0.1, 0.15) is 53.4 Å². The van der Waals surface area contributed by atoms with Gasteiger partial charge in [-0.05, 0) is 49.9 Å². The van der Waals surface area contributed by atoms with Gasteiger partial charge in [0.05, 0.1) is 12.2 Å². The van der Waals surface area contributed by atoms with Gasteiger partial charge in [-0.1, -0.05) is 20.8 Å². The van der Waals surface area contributed by atoms with Crippen LogP contribution in [0.3, 0.4) is 0 Å². The van der Waals surface area contributed by atoms with Crippen molar-refractivity contribution in [3.8, 4) is 0 Å². The molecule has 30 heavy (non-hydrogen) atoms. The van der Waals surface area contributed by atoms with Crippen LogP contribution in [0.4, 0.5) is 0 Å². The number of fused-ring (bicyclic) bond motifs is 4. The molecule has 0 radical (unpaired) electrons. The van der Waals surface area contributed by atoms with Gasteiger partial charge in [-0.2, -0.15) is 0 Å². The molecule has 6 nitrogen and oxygen atoms in total. The fraction of sp³-hybridized carbons (Fsp3) is 0.870. The average molecular weight is 437 g/mol. The molecule has 0 aromatic rings. The Bertz CT molecular complexity index is 857. The summed E-state index contributed by atoms with van der Waals surface area (Å²) in [5.41, 5.74) is -0.650. The number of hydrogen-bond donors (Lipinski definition) is 1. The molecular weight excluding hydrogens is 404 g/mol. The summed E-state index contributed by atoms with van der Waals surface area (Å²) >= 11 is 1.66. The van der Waals surface area contributed by atoms with Crippen LogP contribution in [0.25, 0.3) is 0 Å². The lowest BCUT2D eigenvalue weighted by molar-refractivity contribution is -0.223. The van der Waals surface area contributed by atoms with Crippen molar-refractivity contribution < 1.29 is 28.8 Å². The molecule has 1 N–H and O–H groups in total. The predicted molar refractivity (Wildman–Crippen MR) is 111 cm³/mol. The van der Waals surface area contributed by atoms with E-state index >= 15 is 0 Å². The maximum Gasteiger partial charge on any atom is 0.334 e. The second-order valence-corrected chi connectivity index (χ2v) is 11.8. The number of cyclic esters (lactones) is 1. The van der Waals surface area contributed by atoms with Gasteiger partial charge in [0.2, 0.25) is 0 Å². The van der Waals surface area contributed by atoms with Crippen molar-refractivity contribution >= 4 is 17.7 Å². The first-order valence-corrected chi connectivity index (χ1v) is 12.6. The molecule has 4 fully saturated rings. The highest BCUT2D eigenvalue weighted by molar-refractivity contribution is 7.99. The summed E-state index contributed by atoms with van der Waals surface area (Å²) in [7, 11) is 0. The minimum atomic E-state index is -1.06. The van der Waals surface area contributed by atoms with Gasteiger partial charge in [0.15, 0.2) is 5.60 Å². The van der Waals surface area contributed by atoms with Crippen molar-refractivity contribution in [1.29, 1.82) is 0 Å². The predicted octanol–water partition coefficient (Wildman–Crippen LogP) is 2.82. The number of thioether (sulfide) groups is 1. The minimum Gasteiger partial charge on any atom is -0.458 e. The van der Waals surface area contributed by atoms with Crippen molar-refractivity contribution in [1.82, 2.24) is 0 Å². The zero-order chi connectivity index (χ0) is 21.3. The summed E-state index contributed by atoms with van der Waals surface area (Å²) in [5.74, 6) is 0.204. The first kappa shape index (κ1) is 20.0. The lowest BCUT2D eigenvalue weighted by Crippen LogP contribution is -2.74. The van der Waals surface area contributed by atoms with Gasteiger partial charge in [0.1, 0.15) is 29.3 Å². The molecule has 9 atom stereocenters. The molecule has 7 heteroatoms. The van der Waals surface area contributed by atoms with Crippen LogP contribution in [0.5, 0.6) is 0 Å². The van der Waals surface area contributed by atoms with E-state index < -0.39 is 16.6 Å². The molecule has 6 aliphatic rings. The maximum atomic E-state index is 12.5. The summed E-state index contributed by atoms with van der Waals surface area (Å²) in [6.45, 7) is 8.99. The Morgan fingerprint density at radius 1 is 1.23 bits per heavy atom. The Labute approximate surface area is 182 Å². The van der Waals surface area contributed by atoms with Gasteiger partial charge in [-0.15, -0.1) is 11.8 Å². The fourth-order valence-electron chi connectivity index (χ4n) is 7.66. The number of carbonyl (C=O) groups is 1. The van der Waals surface area contributed by atoms with Crippen LogP contribution in [0.15, 0.2) is 11.1 Å². The first-order valence-electron chi connectivity index (χ1n) is 11.3. The van der Waals surface area contributed by atoms with E-state index in [1.807, 2.05) is 6.26 Å². The van der Waals surface area contributed by atoms with E-state index in [-0.39, 0.29) is 47.2 Å². The van der Waals surface area contributed by atoms with Crippen molar-refractivity contribution in [2.24, 2.45) is 17.3 Å². The van der Waals surface area contributed by atoms with Gasteiger partial charge in [0.25, 0.3) is 0 Å². The number of ether oxygens (including phenoxy) is 4. The molecule has 2 saturated heterocycles. The Kier molecular flexibility index (Phi) is 3.90. The number of carbonyl (C=O) groups excluding carboxylic acids is 1. The standard InChI is InChI=1S/C23H32O6S/c1-11(2)22-17(28-22)9-21(25)20(4)7-6-13-14(10-26-18(13)24)15(20)8-16-23(21,29-16)19(22)27-12(3)30-5/h11-12,15-17,19,25H,6-10H2,1-5H3/t12?,15-,16-,17-,19+,20-,21+,22-,23+/m0/s1. The second-order valence-electron chi connectivity index (χ2n) is 10.7. The molecule has 3 aliphatic carbocycles. The van der Waals surface area contributed by atoms with E-state index in [2.05, 4.69) is 27.7 Å². The maximum absolute atomic E-state index is 12.5. The normalized spacial score (nSPS) is 53.9. The summed E-state index contributed by atoms with van der Waals surface area (Å²) in [4.78, 5) is 12.2. The molecule has 3 heterocycles. The minimum absolute atomic E-state index is 0.0101. The lowest BCUT2D eigenvalue weighted by atomic mass is 9.44. The summed E-state index contributed by atoms with van der Waals surface area (Å²) in [6, 6.07) is 0. The highest BCUT2D eigenvalue weighted by atomic mass is 32.2. The second kappa shape index (κ2) is 5.84. The third kappa shape index (κ3) is 2.01. The van der Waals surface area contributed by atoms with Crippen molar-refractivity contribution in [2.75, 3.05) is 12.9 Å². The number of rotatable bonds is 4. The third-order valence-corrected chi connectivity index (χ3v) is 10.3. The lowest BCUT2D eigenvalue weighted by Gasteiger charge is -2.60. The van der Waals surface area contributed by atoms with Gasteiger partial charge < -0.3 is 24.1 Å². The molecule has 1 unspecified atom stereocenters. The van der Waals surface area contributed by atoms with Gasteiger partial charge >= 0.3 is 5.97 Å². The van der Waals surface area contributed by atoms with Gasteiger partial charge in [0, 0.05) is 17.4 Å². The molecule has 0 aromatic heterocycles. The molecule has 6 rings (SSSR count). The molecule has 166 valence electrons. The zero-order valence-corrected chi connectivity index (χ0v) is 19.2. The van der Waals surface area contributed by atoms with E-state index in [1.54, 1.807) is 11.8 Å². The smallest absolute Gasteiger partial charge is 0.334 e. The molecule has 2 saturated carbocycles. The molecule has 3 aliphatic heterocycles. The van der Waals surface area contributed by atoms with Gasteiger partial charge in [-0.25, -0.2) is 4.79 Å². The molecule has 0 amide bonds. The topological polar surface area (TPSA) is 80.8 Å². The van der Waals surface area contributed by atoms with Crippen molar-refractivity contribution in [2.45, 2.75) is 93.9 Å². The van der Waals surface area contributed by atoms with Crippen LogP contribution < -0.4 is 0 Å². The Morgan fingerprint density at radius 3 is 2.70 bits per heavy atom. The van der Waals surface area contributed by atoms with Gasteiger partial charge in [-0.3, -0.25) is 0 Å². The van der Waals surface area contributed by atoms with E-state index in [9.17, 15) is 9.90 Å². The molecule has 1 spiro atoms. The number of aliphatic hydroxyl groups is 1. The Morgan fingerprint density at radius 2 is 2.00 bits per heavy atom. The molecule has 0 bridgehead atoms. The van der Waals surface area contributed by atoms with Crippen LogP contribution in [-0.4, -0.2) is 64.5 Å². The molecular formula is C23H32O6S. The van der Waals surface area contributed by atoms with Crippen molar-refractivity contribution in [3.05, 3.63) is 11.1 Å². The van der Waals surface area contributed by atoms with E-state index in [0.29, 0.717) is 19.4 Å². The fourth-order valence-corrected chi connectivity index (χ4v) is 7.89. The molecule has 0 aromatic carbocycles. The van der Waals surface area contributed by atoms with Crippen LogP contribution >= 0.6 is 11.8 Å². The number of hydrogen-bond acceptors (Lipinski definition) is 7. The summed E-state index contributed by atoms with van der Waals surface area (Å²) < 4.78 is 24.9. The Hall–Kier alpha value is -0.600. The van der Waals surface area contributed by atoms with E-state index in [4.69, 9.17) is 18.9 Å². The monoisotopic (exact) mass is 436 g/mol. The summed E-state index contributed by atoms with van der Waals surface area (Å²) in [5, 5.41) is 12.5. The average Bonchev–Trinajstić information content (AvgIpc) is 3.57. The highest BCUT2D eigenvalue weighted by Crippen LogP contribution is 2.76. The third-order valence-electron chi connectivity index (χ3n) is 9.51. The SMILES string of the molecule is CSC(C)O[C@@H]1[C@@]2(C(C)C)O[C@H]2C[C@]2(O)[C@]13O[C@H]3C[C@H]1C3=C(CC[C@@]12C)C(=O)OC3. The van der Waals surface area contributed by atoms with E-state index in [1.165, 1.54) is 0 Å².